The molecular weight excluding hydrogens is 225 g/mol. The van der Waals surface area contributed by atoms with Gasteiger partial charge in [0.25, 0.3) is 0 Å². The Morgan fingerprint density at radius 1 is 1.56 bits per heavy atom. The number of halogens is 1. The molecule has 1 aromatic rings. The molecule has 2 nitrogen and oxygen atoms in total. The van der Waals surface area contributed by atoms with Crippen LogP contribution in [-0.4, -0.2) is 10.9 Å². The van der Waals surface area contributed by atoms with Gasteiger partial charge < -0.3 is 5.73 Å². The highest BCUT2D eigenvalue weighted by Gasteiger charge is 1.98. The van der Waals surface area contributed by atoms with E-state index >= 15 is 0 Å². The summed E-state index contributed by atoms with van der Waals surface area (Å²) in [5.41, 5.74) is 6.37. The van der Waals surface area contributed by atoms with Gasteiger partial charge in [-0.25, -0.2) is 4.39 Å². The first-order valence-corrected chi connectivity index (χ1v) is 5.93. The number of thioether (sulfide) groups is 1. The molecule has 86 valence electrons. The number of nitrogen functional groups attached to an aromatic ring is 1. The minimum atomic E-state index is -0.324. The largest absolute Gasteiger partial charge is 0.399 e. The van der Waals surface area contributed by atoms with Crippen LogP contribution in [0.25, 0.3) is 6.08 Å². The molecule has 0 bridgehead atoms. The fraction of sp³-hybridized carbons (Fsp3) is 0.250. The summed E-state index contributed by atoms with van der Waals surface area (Å²) in [6.45, 7) is 1.54. The van der Waals surface area contributed by atoms with Crippen molar-refractivity contribution in [1.29, 1.82) is 0 Å². The van der Waals surface area contributed by atoms with Crippen molar-refractivity contribution in [1.82, 2.24) is 0 Å². The van der Waals surface area contributed by atoms with Crippen LogP contribution < -0.4 is 5.73 Å². The van der Waals surface area contributed by atoms with Crippen molar-refractivity contribution >= 4 is 28.6 Å². The number of benzene rings is 1. The van der Waals surface area contributed by atoms with E-state index in [1.807, 2.05) is 6.08 Å². The molecule has 2 N–H and O–H groups in total. The van der Waals surface area contributed by atoms with Crippen LogP contribution in [0, 0.1) is 5.82 Å². The van der Waals surface area contributed by atoms with Gasteiger partial charge in [-0.3, -0.25) is 4.79 Å². The highest BCUT2D eigenvalue weighted by molar-refractivity contribution is 8.13. The van der Waals surface area contributed by atoms with Gasteiger partial charge in [-0.05, 0) is 18.6 Å². The summed E-state index contributed by atoms with van der Waals surface area (Å²) in [6.07, 6.45) is 4.30. The second kappa shape index (κ2) is 6.33. The quantitative estimate of drug-likeness (QED) is 0.648. The highest BCUT2D eigenvalue weighted by atomic mass is 32.2. The van der Waals surface area contributed by atoms with Gasteiger partial charge >= 0.3 is 0 Å². The van der Waals surface area contributed by atoms with Crippen molar-refractivity contribution in [2.24, 2.45) is 0 Å². The van der Waals surface area contributed by atoms with Crippen LogP contribution in [0.3, 0.4) is 0 Å². The van der Waals surface area contributed by atoms with E-state index in [0.29, 0.717) is 11.3 Å². The van der Waals surface area contributed by atoms with Gasteiger partial charge in [0.05, 0.1) is 0 Å². The van der Waals surface area contributed by atoms with E-state index in [1.54, 1.807) is 18.2 Å². The first-order valence-electron chi connectivity index (χ1n) is 4.94. The Kier molecular flexibility index (Phi) is 5.05. The Labute approximate surface area is 98.7 Å². The summed E-state index contributed by atoms with van der Waals surface area (Å²) in [6, 6.07) is 4.59. The van der Waals surface area contributed by atoms with Crippen molar-refractivity contribution in [2.75, 3.05) is 11.5 Å². The lowest BCUT2D eigenvalue weighted by molar-refractivity contribution is -0.109. The second-order valence-corrected chi connectivity index (χ2v) is 4.58. The normalized spacial score (nSPS) is 10.9. The van der Waals surface area contributed by atoms with E-state index in [4.69, 9.17) is 5.73 Å². The number of rotatable bonds is 4. The summed E-state index contributed by atoms with van der Waals surface area (Å²) >= 11 is 1.27. The zero-order valence-corrected chi connectivity index (χ0v) is 9.89. The second-order valence-electron chi connectivity index (χ2n) is 3.31. The molecule has 0 heterocycles. The van der Waals surface area contributed by atoms with E-state index in [1.165, 1.54) is 24.8 Å². The molecule has 16 heavy (non-hydrogen) atoms. The number of allylic oxidation sites excluding steroid dienone is 1. The standard InChI is InChI=1S/C12H14FNOS/c1-9(15)16-7-3-2-4-10-5-6-11(14)8-12(10)13/h2,4-6,8H,3,7,14H2,1H3. The zero-order chi connectivity index (χ0) is 12.0. The van der Waals surface area contributed by atoms with Crippen molar-refractivity contribution in [3.8, 4) is 0 Å². The summed E-state index contributed by atoms with van der Waals surface area (Å²) in [4.78, 5) is 10.6. The van der Waals surface area contributed by atoms with Crippen LogP contribution in [0.15, 0.2) is 24.3 Å². The minimum absolute atomic E-state index is 0.104. The number of nitrogens with two attached hydrogens (primary N) is 1. The fourth-order valence-corrected chi connectivity index (χ4v) is 1.70. The fourth-order valence-electron chi connectivity index (χ4n) is 1.16. The lowest BCUT2D eigenvalue weighted by Crippen LogP contribution is -1.88. The van der Waals surface area contributed by atoms with Crippen LogP contribution in [0.5, 0.6) is 0 Å². The van der Waals surface area contributed by atoms with E-state index < -0.39 is 0 Å². The van der Waals surface area contributed by atoms with Crippen LogP contribution in [0.2, 0.25) is 0 Å². The van der Waals surface area contributed by atoms with Crippen LogP contribution >= 0.6 is 11.8 Å². The molecule has 0 saturated heterocycles. The number of anilines is 1. The maximum absolute atomic E-state index is 13.3. The third-order valence-electron chi connectivity index (χ3n) is 1.91. The van der Waals surface area contributed by atoms with Crippen LogP contribution in [0.1, 0.15) is 18.9 Å². The van der Waals surface area contributed by atoms with Crippen LogP contribution in [-0.2, 0) is 4.79 Å². The van der Waals surface area contributed by atoms with Crippen LogP contribution in [0.4, 0.5) is 10.1 Å². The smallest absolute Gasteiger partial charge is 0.185 e. The molecule has 1 rings (SSSR count). The Hall–Kier alpha value is -1.29. The van der Waals surface area contributed by atoms with Gasteiger partial charge in [0, 0.05) is 23.9 Å². The predicted molar refractivity (Wildman–Crippen MR) is 67.6 cm³/mol. The lowest BCUT2D eigenvalue weighted by atomic mass is 10.1. The van der Waals surface area contributed by atoms with E-state index in [0.717, 1.165) is 12.2 Å². The number of carbonyl (C=O) groups is 1. The third-order valence-corrected chi connectivity index (χ3v) is 2.76. The summed E-state index contributed by atoms with van der Waals surface area (Å²) in [5.74, 6) is 0.401. The van der Waals surface area contributed by atoms with Gasteiger partial charge in [0.2, 0.25) is 0 Å². The number of carbonyl (C=O) groups excluding carboxylic acids is 1. The van der Waals surface area contributed by atoms with E-state index in [9.17, 15) is 9.18 Å². The number of hydrogen-bond donors (Lipinski definition) is 1. The monoisotopic (exact) mass is 239 g/mol. The molecular formula is C12H14FNOS. The number of hydrogen-bond acceptors (Lipinski definition) is 3. The summed E-state index contributed by atoms with van der Waals surface area (Å²) in [7, 11) is 0. The van der Waals surface area contributed by atoms with Crippen molar-refractivity contribution in [2.45, 2.75) is 13.3 Å². The highest BCUT2D eigenvalue weighted by Crippen LogP contribution is 2.14. The average Bonchev–Trinajstić information content (AvgIpc) is 2.20. The molecule has 0 atom stereocenters. The van der Waals surface area contributed by atoms with Crippen molar-refractivity contribution in [3.05, 3.63) is 35.7 Å². The Morgan fingerprint density at radius 2 is 2.31 bits per heavy atom. The van der Waals surface area contributed by atoms with Crippen molar-refractivity contribution in [3.63, 3.8) is 0 Å². The van der Waals surface area contributed by atoms with Gasteiger partial charge in [0.1, 0.15) is 5.82 Å². The predicted octanol–water partition coefficient (Wildman–Crippen LogP) is 3.09. The summed E-state index contributed by atoms with van der Waals surface area (Å²) in [5, 5.41) is 0.104. The topological polar surface area (TPSA) is 43.1 Å². The third kappa shape index (κ3) is 4.49. The summed E-state index contributed by atoms with van der Waals surface area (Å²) < 4.78 is 13.3. The first-order chi connectivity index (χ1) is 7.59. The molecule has 0 amide bonds. The molecule has 0 fully saturated rings. The lowest BCUT2D eigenvalue weighted by Gasteiger charge is -1.98. The molecule has 0 aliphatic carbocycles. The zero-order valence-electron chi connectivity index (χ0n) is 9.07. The molecule has 0 aliphatic rings. The Bertz CT molecular complexity index is 404. The molecule has 1 aromatic carbocycles. The van der Waals surface area contributed by atoms with Gasteiger partial charge in [-0.2, -0.15) is 0 Å². The van der Waals surface area contributed by atoms with Crippen molar-refractivity contribution < 1.29 is 9.18 Å². The minimum Gasteiger partial charge on any atom is -0.399 e. The van der Waals surface area contributed by atoms with E-state index in [2.05, 4.69) is 0 Å². The maximum atomic E-state index is 13.3. The Balaban J connectivity index is 2.47. The van der Waals surface area contributed by atoms with E-state index in [-0.39, 0.29) is 10.9 Å². The molecule has 0 aromatic heterocycles. The first kappa shape index (κ1) is 12.8. The van der Waals surface area contributed by atoms with Gasteiger partial charge in [0.15, 0.2) is 5.12 Å². The molecule has 0 spiro atoms. The maximum Gasteiger partial charge on any atom is 0.185 e. The molecule has 4 heteroatoms. The SMILES string of the molecule is CC(=O)SCCC=Cc1ccc(N)cc1F. The molecule has 0 unspecified atom stereocenters. The van der Waals surface area contributed by atoms with Gasteiger partial charge in [-0.15, -0.1) is 0 Å². The Morgan fingerprint density at radius 3 is 2.94 bits per heavy atom. The molecule has 0 radical (unpaired) electrons. The molecule has 0 saturated carbocycles. The molecule has 0 aliphatic heterocycles. The average molecular weight is 239 g/mol. The van der Waals surface area contributed by atoms with Gasteiger partial charge in [-0.1, -0.05) is 30.0 Å².